The van der Waals surface area contributed by atoms with Crippen molar-refractivity contribution in [2.24, 2.45) is 0 Å². The standard InChI is InChI=1S/C26H24F3NO3/c1-15(2)16-4-3-5-17(12-16)20-8-7-19(14-21(20)26(27,28)29)30-24(33)25(10-11-25)18-6-9-22(31)23(32)13-18/h3-9,12-15,31-32H,10-11H2,1-2H3,(H,30,33). The number of aromatic hydroxyl groups is 2. The number of rotatable bonds is 5. The SMILES string of the molecule is CC(C)c1cccc(-c2ccc(NC(=O)C3(c4ccc(O)c(O)c4)CC3)cc2C(F)(F)F)c1. The predicted octanol–water partition coefficient (Wildman–Crippen LogP) is 6.58. The van der Waals surface area contributed by atoms with E-state index < -0.39 is 23.1 Å². The zero-order valence-corrected chi connectivity index (χ0v) is 18.2. The van der Waals surface area contributed by atoms with Gasteiger partial charge in [-0.2, -0.15) is 13.2 Å². The lowest BCUT2D eigenvalue weighted by atomic mass is 9.93. The zero-order valence-electron chi connectivity index (χ0n) is 18.2. The van der Waals surface area contributed by atoms with Gasteiger partial charge in [-0.05, 0) is 65.3 Å². The number of amides is 1. The van der Waals surface area contributed by atoms with Crippen molar-refractivity contribution in [2.45, 2.75) is 44.2 Å². The Balaban J connectivity index is 1.66. The van der Waals surface area contributed by atoms with Crippen molar-refractivity contribution in [1.29, 1.82) is 0 Å². The van der Waals surface area contributed by atoms with Gasteiger partial charge in [-0.25, -0.2) is 0 Å². The number of halogens is 3. The molecule has 4 rings (SSSR count). The van der Waals surface area contributed by atoms with E-state index in [4.69, 9.17) is 0 Å². The van der Waals surface area contributed by atoms with Gasteiger partial charge in [0, 0.05) is 5.69 Å². The lowest BCUT2D eigenvalue weighted by Gasteiger charge is -2.19. The molecule has 7 heteroatoms. The van der Waals surface area contributed by atoms with Crippen LogP contribution in [0.4, 0.5) is 18.9 Å². The van der Waals surface area contributed by atoms with E-state index >= 15 is 0 Å². The second-order valence-electron chi connectivity index (χ2n) is 8.78. The molecular weight excluding hydrogens is 431 g/mol. The first kappa shape index (κ1) is 22.7. The number of phenols is 2. The third-order valence-electron chi connectivity index (χ3n) is 6.16. The molecule has 0 aliphatic heterocycles. The van der Waals surface area contributed by atoms with Crippen molar-refractivity contribution >= 4 is 11.6 Å². The molecule has 1 aliphatic rings. The number of benzene rings is 3. The summed E-state index contributed by atoms with van der Waals surface area (Å²) in [4.78, 5) is 13.0. The van der Waals surface area contributed by atoms with E-state index in [9.17, 15) is 28.2 Å². The molecule has 0 radical (unpaired) electrons. The fourth-order valence-electron chi connectivity index (χ4n) is 4.02. The molecular formula is C26H24F3NO3. The van der Waals surface area contributed by atoms with Crippen LogP contribution in [0.1, 0.15) is 49.3 Å². The summed E-state index contributed by atoms with van der Waals surface area (Å²) in [6.07, 6.45) is -3.62. The third-order valence-corrected chi connectivity index (χ3v) is 6.16. The van der Waals surface area contributed by atoms with Gasteiger partial charge in [0.05, 0.1) is 11.0 Å². The van der Waals surface area contributed by atoms with Crippen LogP contribution >= 0.6 is 0 Å². The Morgan fingerprint density at radius 1 is 0.970 bits per heavy atom. The van der Waals surface area contributed by atoms with Gasteiger partial charge < -0.3 is 15.5 Å². The van der Waals surface area contributed by atoms with Crippen LogP contribution < -0.4 is 5.32 Å². The van der Waals surface area contributed by atoms with Gasteiger partial charge in [0.2, 0.25) is 5.91 Å². The van der Waals surface area contributed by atoms with Gasteiger partial charge in [0.15, 0.2) is 11.5 Å². The van der Waals surface area contributed by atoms with Gasteiger partial charge in [-0.15, -0.1) is 0 Å². The van der Waals surface area contributed by atoms with E-state index in [0.29, 0.717) is 24.0 Å². The van der Waals surface area contributed by atoms with Gasteiger partial charge in [-0.1, -0.05) is 50.2 Å². The van der Waals surface area contributed by atoms with Crippen LogP contribution in [-0.2, 0) is 16.4 Å². The Kier molecular flexibility index (Phi) is 5.60. The number of hydrogen-bond donors (Lipinski definition) is 3. The predicted molar refractivity (Wildman–Crippen MR) is 120 cm³/mol. The lowest BCUT2D eigenvalue weighted by molar-refractivity contribution is -0.137. The lowest BCUT2D eigenvalue weighted by Crippen LogP contribution is -2.28. The highest BCUT2D eigenvalue weighted by molar-refractivity contribution is 6.01. The van der Waals surface area contributed by atoms with E-state index in [1.165, 1.54) is 30.3 Å². The molecule has 0 heterocycles. The Morgan fingerprint density at radius 2 is 1.70 bits per heavy atom. The van der Waals surface area contributed by atoms with Crippen LogP contribution in [-0.4, -0.2) is 16.1 Å². The Labute approximate surface area is 189 Å². The minimum absolute atomic E-state index is 0.0466. The highest BCUT2D eigenvalue weighted by Gasteiger charge is 2.51. The fraction of sp³-hybridized carbons (Fsp3) is 0.269. The molecule has 3 aromatic carbocycles. The molecule has 4 nitrogen and oxygen atoms in total. The summed E-state index contributed by atoms with van der Waals surface area (Å²) in [5.41, 5.74) is 0.239. The molecule has 3 aromatic rings. The van der Waals surface area contributed by atoms with E-state index in [0.717, 1.165) is 11.6 Å². The van der Waals surface area contributed by atoms with Crippen LogP contribution in [0.3, 0.4) is 0 Å². The molecule has 172 valence electrons. The third kappa shape index (κ3) is 4.40. The molecule has 1 aliphatic carbocycles. The van der Waals surface area contributed by atoms with E-state index in [1.807, 2.05) is 19.9 Å². The van der Waals surface area contributed by atoms with Crippen LogP contribution in [0, 0.1) is 0 Å². The van der Waals surface area contributed by atoms with Crippen LogP contribution in [0.15, 0.2) is 60.7 Å². The Morgan fingerprint density at radius 3 is 2.30 bits per heavy atom. The number of anilines is 1. The molecule has 1 amide bonds. The highest BCUT2D eigenvalue weighted by Crippen LogP contribution is 2.50. The number of carbonyl (C=O) groups is 1. The Hall–Kier alpha value is -3.48. The molecule has 1 saturated carbocycles. The quantitative estimate of drug-likeness (QED) is 0.381. The molecule has 0 aromatic heterocycles. The summed E-state index contributed by atoms with van der Waals surface area (Å²) < 4.78 is 41.8. The molecule has 1 fully saturated rings. The van der Waals surface area contributed by atoms with Gasteiger partial charge in [0.1, 0.15) is 0 Å². The van der Waals surface area contributed by atoms with Crippen molar-refractivity contribution in [3.8, 4) is 22.6 Å². The van der Waals surface area contributed by atoms with Gasteiger partial charge in [0.25, 0.3) is 0 Å². The second kappa shape index (κ2) is 8.14. The van der Waals surface area contributed by atoms with Crippen LogP contribution in [0.5, 0.6) is 11.5 Å². The van der Waals surface area contributed by atoms with Crippen molar-refractivity contribution in [3.05, 3.63) is 77.4 Å². The zero-order chi connectivity index (χ0) is 24.0. The van der Waals surface area contributed by atoms with Gasteiger partial charge in [-0.3, -0.25) is 4.79 Å². The average molecular weight is 455 g/mol. The summed E-state index contributed by atoms with van der Waals surface area (Å²) >= 11 is 0. The summed E-state index contributed by atoms with van der Waals surface area (Å²) in [5.74, 6) is -0.928. The smallest absolute Gasteiger partial charge is 0.417 e. The van der Waals surface area contributed by atoms with Gasteiger partial charge >= 0.3 is 6.18 Å². The first-order chi connectivity index (χ1) is 15.5. The number of hydrogen-bond acceptors (Lipinski definition) is 3. The maximum absolute atomic E-state index is 13.9. The number of alkyl halides is 3. The molecule has 0 saturated heterocycles. The first-order valence-corrected chi connectivity index (χ1v) is 10.7. The van der Waals surface area contributed by atoms with Crippen LogP contribution in [0.2, 0.25) is 0 Å². The minimum Gasteiger partial charge on any atom is -0.504 e. The van der Waals surface area contributed by atoms with Crippen molar-refractivity contribution in [2.75, 3.05) is 5.32 Å². The number of phenolic OH excluding ortho intramolecular Hbond substituents is 2. The van der Waals surface area contributed by atoms with Crippen LogP contribution in [0.25, 0.3) is 11.1 Å². The normalized spacial score (nSPS) is 14.8. The van der Waals surface area contributed by atoms with E-state index in [-0.39, 0.29) is 28.7 Å². The van der Waals surface area contributed by atoms with Crippen molar-refractivity contribution < 1.29 is 28.2 Å². The topological polar surface area (TPSA) is 69.6 Å². The van der Waals surface area contributed by atoms with E-state index in [2.05, 4.69) is 5.32 Å². The summed E-state index contributed by atoms with van der Waals surface area (Å²) in [6, 6.07) is 15.0. The second-order valence-corrected chi connectivity index (χ2v) is 8.78. The maximum atomic E-state index is 13.9. The minimum atomic E-state index is -4.61. The monoisotopic (exact) mass is 455 g/mol. The van der Waals surface area contributed by atoms with Crippen molar-refractivity contribution in [3.63, 3.8) is 0 Å². The number of nitrogens with one attached hydrogen (secondary N) is 1. The first-order valence-electron chi connectivity index (χ1n) is 10.7. The molecule has 0 bridgehead atoms. The summed E-state index contributed by atoms with van der Waals surface area (Å²) in [5, 5.41) is 21.9. The fourth-order valence-corrected chi connectivity index (χ4v) is 4.02. The van der Waals surface area contributed by atoms with E-state index in [1.54, 1.807) is 18.2 Å². The molecule has 0 atom stereocenters. The highest BCUT2D eigenvalue weighted by atomic mass is 19.4. The Bertz CT molecular complexity index is 1210. The number of carbonyl (C=O) groups excluding carboxylic acids is 1. The molecule has 33 heavy (non-hydrogen) atoms. The summed E-state index contributed by atoms with van der Waals surface area (Å²) in [6.45, 7) is 3.95. The van der Waals surface area contributed by atoms with Crippen molar-refractivity contribution in [1.82, 2.24) is 0 Å². The average Bonchev–Trinajstić information content (AvgIpc) is 3.57. The largest absolute Gasteiger partial charge is 0.504 e. The molecule has 0 spiro atoms. The maximum Gasteiger partial charge on any atom is 0.417 e. The molecule has 0 unspecified atom stereocenters. The summed E-state index contributed by atoms with van der Waals surface area (Å²) in [7, 11) is 0. The molecule has 3 N–H and O–H groups in total.